The molecule has 4 N–H and O–H groups in total. The van der Waals surface area contributed by atoms with Gasteiger partial charge in [-0.1, -0.05) is 24.3 Å². The molecule has 2 aromatic rings. The van der Waals surface area contributed by atoms with Crippen LogP contribution in [0.25, 0.3) is 11.4 Å². The molecular weight excluding hydrogens is 224 g/mol. The van der Waals surface area contributed by atoms with Crippen molar-refractivity contribution in [2.24, 2.45) is 0 Å². The first kappa shape index (κ1) is 11.6. The summed E-state index contributed by atoms with van der Waals surface area (Å²) in [5.41, 5.74) is 1.26. The normalized spacial score (nSPS) is 14.5. The predicted octanol–water partition coefficient (Wildman–Crippen LogP) is -0.747. The minimum Gasteiger partial charge on any atom is -0.394 e. The average Bonchev–Trinajstić information content (AvgIpc) is 2.91. The van der Waals surface area contributed by atoms with Gasteiger partial charge in [0.05, 0.1) is 6.61 Å². The van der Waals surface area contributed by atoms with Crippen LogP contribution in [0.15, 0.2) is 24.3 Å². The van der Waals surface area contributed by atoms with Crippen molar-refractivity contribution in [3.63, 3.8) is 0 Å². The fourth-order valence-corrected chi connectivity index (χ4v) is 1.44. The molecule has 90 valence electrons. The summed E-state index contributed by atoms with van der Waals surface area (Å²) in [6, 6.07) is 6.67. The number of nitrogens with zero attached hydrogens (tertiary/aromatic N) is 3. The monoisotopic (exact) mass is 236 g/mol. The van der Waals surface area contributed by atoms with Gasteiger partial charge in [0, 0.05) is 5.56 Å². The van der Waals surface area contributed by atoms with Gasteiger partial charge in [0.15, 0.2) is 0 Å². The van der Waals surface area contributed by atoms with Crippen molar-refractivity contribution in [3.8, 4) is 11.4 Å². The molecule has 0 radical (unpaired) electrons. The Bertz CT molecular complexity index is 457. The lowest BCUT2D eigenvalue weighted by atomic mass is 10.0. The molecule has 0 amide bonds. The van der Waals surface area contributed by atoms with Crippen LogP contribution in [0.3, 0.4) is 0 Å². The van der Waals surface area contributed by atoms with Crippen LogP contribution in [-0.2, 0) is 0 Å². The molecule has 0 saturated heterocycles. The lowest BCUT2D eigenvalue weighted by Crippen LogP contribution is -2.21. The molecule has 0 spiro atoms. The maximum absolute atomic E-state index is 9.65. The molecule has 0 fully saturated rings. The molecular formula is C10H12N4O3. The van der Waals surface area contributed by atoms with Crippen LogP contribution in [0.5, 0.6) is 0 Å². The van der Waals surface area contributed by atoms with E-state index >= 15 is 0 Å². The van der Waals surface area contributed by atoms with Crippen LogP contribution < -0.4 is 0 Å². The van der Waals surface area contributed by atoms with Crippen LogP contribution >= 0.6 is 0 Å². The highest BCUT2D eigenvalue weighted by molar-refractivity contribution is 5.54. The standard InChI is InChI=1S/C10H12N4O3/c15-5-8(16)9(17)6-1-3-7(4-2-6)10-11-13-14-12-10/h1-4,8-9,15-17H,5H2,(H,11,12,13,14). The van der Waals surface area contributed by atoms with E-state index in [0.717, 1.165) is 5.56 Å². The molecule has 0 bridgehead atoms. The molecule has 1 aromatic heterocycles. The molecule has 0 aliphatic rings. The zero-order chi connectivity index (χ0) is 12.3. The molecule has 17 heavy (non-hydrogen) atoms. The molecule has 1 aromatic carbocycles. The molecule has 0 aliphatic carbocycles. The maximum Gasteiger partial charge on any atom is 0.204 e. The highest BCUT2D eigenvalue weighted by Crippen LogP contribution is 2.20. The summed E-state index contributed by atoms with van der Waals surface area (Å²) in [5, 5.41) is 41.1. The van der Waals surface area contributed by atoms with Gasteiger partial charge < -0.3 is 15.3 Å². The number of benzene rings is 1. The summed E-state index contributed by atoms with van der Waals surface area (Å²) in [5.74, 6) is 0.453. The number of nitrogens with one attached hydrogen (secondary N) is 1. The van der Waals surface area contributed by atoms with Crippen molar-refractivity contribution in [1.82, 2.24) is 20.6 Å². The van der Waals surface area contributed by atoms with E-state index < -0.39 is 18.8 Å². The lowest BCUT2D eigenvalue weighted by molar-refractivity contribution is -0.0152. The van der Waals surface area contributed by atoms with E-state index in [1.165, 1.54) is 0 Å². The Morgan fingerprint density at radius 2 is 1.88 bits per heavy atom. The van der Waals surface area contributed by atoms with E-state index in [9.17, 15) is 10.2 Å². The van der Waals surface area contributed by atoms with Crippen molar-refractivity contribution in [1.29, 1.82) is 0 Å². The Labute approximate surface area is 96.7 Å². The minimum atomic E-state index is -1.19. The van der Waals surface area contributed by atoms with E-state index in [1.54, 1.807) is 24.3 Å². The third-order valence-corrected chi connectivity index (χ3v) is 2.41. The molecule has 2 atom stereocenters. The van der Waals surface area contributed by atoms with Crippen molar-refractivity contribution >= 4 is 0 Å². The number of hydrogen-bond acceptors (Lipinski definition) is 6. The fourth-order valence-electron chi connectivity index (χ4n) is 1.44. The fraction of sp³-hybridized carbons (Fsp3) is 0.300. The highest BCUT2D eigenvalue weighted by atomic mass is 16.4. The second-order valence-electron chi connectivity index (χ2n) is 3.55. The van der Waals surface area contributed by atoms with Gasteiger partial charge in [-0.2, -0.15) is 5.21 Å². The zero-order valence-electron chi connectivity index (χ0n) is 8.85. The van der Waals surface area contributed by atoms with Crippen LogP contribution in [0, 0.1) is 0 Å². The van der Waals surface area contributed by atoms with Crippen molar-refractivity contribution in [3.05, 3.63) is 29.8 Å². The topological polar surface area (TPSA) is 115 Å². The number of aliphatic hydroxyl groups is 3. The van der Waals surface area contributed by atoms with E-state index in [2.05, 4.69) is 20.6 Å². The number of aliphatic hydroxyl groups excluding tert-OH is 3. The van der Waals surface area contributed by atoms with Crippen molar-refractivity contribution in [2.75, 3.05) is 6.61 Å². The second-order valence-corrected chi connectivity index (χ2v) is 3.55. The van der Waals surface area contributed by atoms with Crippen LogP contribution in [0.2, 0.25) is 0 Å². The summed E-state index contributed by atoms with van der Waals surface area (Å²) in [4.78, 5) is 0. The van der Waals surface area contributed by atoms with Gasteiger partial charge in [0.25, 0.3) is 0 Å². The van der Waals surface area contributed by atoms with Gasteiger partial charge in [-0.25, -0.2) is 0 Å². The van der Waals surface area contributed by atoms with Crippen LogP contribution in [0.1, 0.15) is 11.7 Å². The van der Waals surface area contributed by atoms with Crippen LogP contribution in [0.4, 0.5) is 0 Å². The molecule has 0 aliphatic heterocycles. The smallest absolute Gasteiger partial charge is 0.204 e. The average molecular weight is 236 g/mol. The summed E-state index contributed by atoms with van der Waals surface area (Å²) < 4.78 is 0. The maximum atomic E-state index is 9.65. The number of H-pyrrole nitrogens is 1. The number of hydrogen-bond donors (Lipinski definition) is 4. The Morgan fingerprint density at radius 1 is 1.18 bits per heavy atom. The first-order valence-electron chi connectivity index (χ1n) is 5.03. The Kier molecular flexibility index (Phi) is 3.43. The van der Waals surface area contributed by atoms with Crippen LogP contribution in [-0.4, -0.2) is 48.7 Å². The second kappa shape index (κ2) is 5.00. The Hall–Kier alpha value is -1.83. The molecule has 0 saturated carbocycles. The van der Waals surface area contributed by atoms with Gasteiger partial charge in [-0.15, -0.1) is 10.2 Å². The summed E-state index contributed by atoms with van der Waals surface area (Å²) in [6.45, 7) is -0.492. The Morgan fingerprint density at radius 3 is 2.41 bits per heavy atom. The van der Waals surface area contributed by atoms with Gasteiger partial charge in [-0.05, 0) is 10.8 Å². The number of aromatic nitrogens is 4. The van der Waals surface area contributed by atoms with E-state index in [0.29, 0.717) is 11.4 Å². The van der Waals surface area contributed by atoms with Crippen molar-refractivity contribution in [2.45, 2.75) is 12.2 Å². The van der Waals surface area contributed by atoms with Gasteiger partial charge >= 0.3 is 0 Å². The molecule has 1 heterocycles. The minimum absolute atomic E-state index is 0.453. The first-order valence-corrected chi connectivity index (χ1v) is 5.03. The zero-order valence-corrected chi connectivity index (χ0v) is 8.85. The quantitative estimate of drug-likeness (QED) is 0.555. The summed E-state index contributed by atoms with van der Waals surface area (Å²) >= 11 is 0. The van der Waals surface area contributed by atoms with E-state index in [-0.39, 0.29) is 0 Å². The molecule has 2 unspecified atom stereocenters. The predicted molar refractivity (Wildman–Crippen MR) is 57.7 cm³/mol. The van der Waals surface area contributed by atoms with Crippen molar-refractivity contribution < 1.29 is 15.3 Å². The van der Waals surface area contributed by atoms with Gasteiger partial charge in [0.2, 0.25) is 5.82 Å². The van der Waals surface area contributed by atoms with E-state index in [1.807, 2.05) is 0 Å². The highest BCUT2D eigenvalue weighted by Gasteiger charge is 2.17. The molecule has 7 nitrogen and oxygen atoms in total. The summed E-state index contributed by atoms with van der Waals surface area (Å²) in [6.07, 6.45) is -2.30. The third-order valence-electron chi connectivity index (χ3n) is 2.41. The number of aromatic amines is 1. The molecule has 7 heteroatoms. The largest absolute Gasteiger partial charge is 0.394 e. The lowest BCUT2D eigenvalue weighted by Gasteiger charge is -2.15. The summed E-state index contributed by atoms with van der Waals surface area (Å²) in [7, 11) is 0. The van der Waals surface area contributed by atoms with Gasteiger partial charge in [-0.3, -0.25) is 0 Å². The van der Waals surface area contributed by atoms with Gasteiger partial charge in [0.1, 0.15) is 12.2 Å². The third kappa shape index (κ3) is 2.47. The first-order chi connectivity index (χ1) is 8.22. The Balaban J connectivity index is 2.18. The molecule has 2 rings (SSSR count). The number of rotatable bonds is 4. The number of tetrazole rings is 1. The van der Waals surface area contributed by atoms with E-state index in [4.69, 9.17) is 5.11 Å². The SMILES string of the molecule is OCC(O)C(O)c1ccc(-c2nn[nH]n2)cc1.